The van der Waals surface area contributed by atoms with Crippen molar-refractivity contribution in [2.45, 2.75) is 11.4 Å². The second-order valence-electron chi connectivity index (χ2n) is 5.20. The Morgan fingerprint density at radius 1 is 1.08 bits per heavy atom. The third-order valence-corrected chi connectivity index (χ3v) is 5.28. The number of rotatable bonds is 7. The number of hydrogen-bond acceptors (Lipinski definition) is 4. The van der Waals surface area contributed by atoms with Crippen molar-refractivity contribution in [1.82, 2.24) is 9.62 Å². The molecule has 0 saturated heterocycles. The standard InChI is InChI=1S/C17H20N2O4S/c1-19(13-17(20)18-12-14-6-4-3-5-7-14)24(21,22)16-10-8-15(23-2)9-11-16/h3-11H,12-13H2,1-2H3,(H,18,20). The van der Waals surface area contributed by atoms with Gasteiger partial charge in [0.1, 0.15) is 5.75 Å². The van der Waals surface area contributed by atoms with E-state index in [2.05, 4.69) is 5.32 Å². The first kappa shape index (κ1) is 18.0. The van der Waals surface area contributed by atoms with Crippen LogP contribution in [0.25, 0.3) is 0 Å². The summed E-state index contributed by atoms with van der Waals surface area (Å²) in [7, 11) is -0.842. The maximum atomic E-state index is 12.4. The molecule has 7 heteroatoms. The lowest BCUT2D eigenvalue weighted by Gasteiger charge is -2.17. The van der Waals surface area contributed by atoms with Crippen LogP contribution < -0.4 is 10.1 Å². The zero-order chi connectivity index (χ0) is 17.6. The van der Waals surface area contributed by atoms with Gasteiger partial charge in [-0.3, -0.25) is 4.79 Å². The van der Waals surface area contributed by atoms with Gasteiger partial charge in [0.15, 0.2) is 0 Å². The van der Waals surface area contributed by atoms with Gasteiger partial charge in [0.05, 0.1) is 18.6 Å². The zero-order valence-electron chi connectivity index (χ0n) is 13.6. The highest BCUT2D eigenvalue weighted by Crippen LogP contribution is 2.18. The average Bonchev–Trinajstić information content (AvgIpc) is 2.60. The van der Waals surface area contributed by atoms with Gasteiger partial charge in [-0.2, -0.15) is 4.31 Å². The Hall–Kier alpha value is -2.38. The van der Waals surface area contributed by atoms with Crippen molar-refractivity contribution in [2.24, 2.45) is 0 Å². The van der Waals surface area contributed by atoms with Crippen molar-refractivity contribution in [2.75, 3.05) is 20.7 Å². The lowest BCUT2D eigenvalue weighted by atomic mass is 10.2. The number of nitrogens with one attached hydrogen (secondary N) is 1. The van der Waals surface area contributed by atoms with Gasteiger partial charge >= 0.3 is 0 Å². The molecule has 0 unspecified atom stereocenters. The summed E-state index contributed by atoms with van der Waals surface area (Å²) in [6.45, 7) is 0.108. The van der Waals surface area contributed by atoms with E-state index in [4.69, 9.17) is 4.74 Å². The van der Waals surface area contributed by atoms with E-state index in [1.165, 1.54) is 26.3 Å². The van der Waals surface area contributed by atoms with E-state index in [-0.39, 0.29) is 17.3 Å². The highest BCUT2D eigenvalue weighted by molar-refractivity contribution is 7.89. The molecule has 0 fully saturated rings. The molecule has 2 rings (SSSR count). The monoisotopic (exact) mass is 348 g/mol. The maximum absolute atomic E-state index is 12.4. The molecular weight excluding hydrogens is 328 g/mol. The number of nitrogens with zero attached hydrogens (tertiary/aromatic N) is 1. The summed E-state index contributed by atoms with van der Waals surface area (Å²) in [4.78, 5) is 12.1. The number of amides is 1. The van der Waals surface area contributed by atoms with Crippen LogP contribution in [0.5, 0.6) is 5.75 Å². The maximum Gasteiger partial charge on any atom is 0.243 e. The first-order valence-electron chi connectivity index (χ1n) is 7.34. The van der Waals surface area contributed by atoms with E-state index in [0.717, 1.165) is 9.87 Å². The first-order valence-corrected chi connectivity index (χ1v) is 8.78. The third kappa shape index (κ3) is 4.56. The van der Waals surface area contributed by atoms with Crippen molar-refractivity contribution in [1.29, 1.82) is 0 Å². The van der Waals surface area contributed by atoms with Crippen LogP contribution in [0.3, 0.4) is 0 Å². The molecule has 1 amide bonds. The molecule has 0 aliphatic carbocycles. The summed E-state index contributed by atoms with van der Waals surface area (Å²) < 4.78 is 30.9. The van der Waals surface area contributed by atoms with Crippen molar-refractivity contribution in [3.8, 4) is 5.75 Å². The van der Waals surface area contributed by atoms with Gasteiger partial charge in [-0.05, 0) is 29.8 Å². The molecule has 0 aromatic heterocycles. The van der Waals surface area contributed by atoms with Crippen LogP contribution >= 0.6 is 0 Å². The average molecular weight is 348 g/mol. The molecule has 0 radical (unpaired) electrons. The normalized spacial score (nSPS) is 11.3. The SMILES string of the molecule is COc1ccc(S(=O)(=O)N(C)CC(=O)NCc2ccccc2)cc1. The Balaban J connectivity index is 1.96. The number of benzene rings is 2. The fourth-order valence-corrected chi connectivity index (χ4v) is 3.19. The van der Waals surface area contributed by atoms with Gasteiger partial charge in [0.25, 0.3) is 0 Å². The molecule has 1 N–H and O–H groups in total. The Morgan fingerprint density at radius 3 is 2.29 bits per heavy atom. The van der Waals surface area contributed by atoms with Gasteiger partial charge in [-0.15, -0.1) is 0 Å². The lowest BCUT2D eigenvalue weighted by Crippen LogP contribution is -2.38. The zero-order valence-corrected chi connectivity index (χ0v) is 14.4. The topological polar surface area (TPSA) is 75.7 Å². The van der Waals surface area contributed by atoms with Crippen LogP contribution in [-0.4, -0.2) is 39.3 Å². The minimum Gasteiger partial charge on any atom is -0.497 e. The Kier molecular flexibility index (Phi) is 5.94. The van der Waals surface area contributed by atoms with E-state index >= 15 is 0 Å². The first-order chi connectivity index (χ1) is 11.4. The fraction of sp³-hybridized carbons (Fsp3) is 0.235. The van der Waals surface area contributed by atoms with Crippen LogP contribution in [-0.2, 0) is 21.4 Å². The summed E-state index contributed by atoms with van der Waals surface area (Å²) in [5.74, 6) is 0.204. The predicted octanol–water partition coefficient (Wildman–Crippen LogP) is 1.63. The lowest BCUT2D eigenvalue weighted by molar-refractivity contribution is -0.121. The van der Waals surface area contributed by atoms with Gasteiger partial charge in [0, 0.05) is 13.6 Å². The minimum atomic E-state index is -3.73. The predicted molar refractivity (Wildman–Crippen MR) is 91.1 cm³/mol. The molecule has 6 nitrogen and oxygen atoms in total. The van der Waals surface area contributed by atoms with Gasteiger partial charge in [0.2, 0.25) is 15.9 Å². The van der Waals surface area contributed by atoms with Crippen molar-refractivity contribution >= 4 is 15.9 Å². The summed E-state index contributed by atoms with van der Waals surface area (Å²) in [6, 6.07) is 15.5. The van der Waals surface area contributed by atoms with Crippen molar-refractivity contribution in [3.05, 3.63) is 60.2 Å². The number of methoxy groups -OCH3 is 1. The summed E-state index contributed by atoms with van der Waals surface area (Å²) in [6.07, 6.45) is 0. The quantitative estimate of drug-likeness (QED) is 0.825. The molecular formula is C17H20N2O4S. The van der Waals surface area contributed by atoms with Crippen molar-refractivity contribution in [3.63, 3.8) is 0 Å². The molecule has 2 aromatic rings. The molecule has 24 heavy (non-hydrogen) atoms. The van der Waals surface area contributed by atoms with Gasteiger partial charge in [-0.25, -0.2) is 8.42 Å². The Labute approximate surface area is 142 Å². The minimum absolute atomic E-state index is 0.113. The molecule has 0 heterocycles. The largest absolute Gasteiger partial charge is 0.497 e. The van der Waals surface area contributed by atoms with Crippen LogP contribution in [0.15, 0.2) is 59.5 Å². The molecule has 0 saturated carbocycles. The molecule has 0 aliphatic heterocycles. The Morgan fingerprint density at radius 2 is 1.71 bits per heavy atom. The Bertz CT molecular complexity index is 774. The van der Waals surface area contributed by atoms with Gasteiger partial charge in [-0.1, -0.05) is 30.3 Å². The molecule has 2 aromatic carbocycles. The highest BCUT2D eigenvalue weighted by atomic mass is 32.2. The summed E-state index contributed by atoms with van der Waals surface area (Å²) >= 11 is 0. The van der Waals surface area contributed by atoms with Crippen LogP contribution in [0.1, 0.15) is 5.56 Å². The molecule has 0 bridgehead atoms. The summed E-state index contributed by atoms with van der Waals surface area (Å²) in [5.41, 5.74) is 0.950. The third-order valence-electron chi connectivity index (χ3n) is 3.47. The molecule has 0 aliphatic rings. The van der Waals surface area contributed by atoms with E-state index < -0.39 is 10.0 Å². The van der Waals surface area contributed by atoms with Crippen LogP contribution in [0.2, 0.25) is 0 Å². The number of ether oxygens (including phenoxy) is 1. The number of carbonyl (C=O) groups is 1. The van der Waals surface area contributed by atoms with Crippen molar-refractivity contribution < 1.29 is 17.9 Å². The number of hydrogen-bond donors (Lipinski definition) is 1. The van der Waals surface area contributed by atoms with Gasteiger partial charge < -0.3 is 10.1 Å². The second kappa shape index (κ2) is 7.94. The highest BCUT2D eigenvalue weighted by Gasteiger charge is 2.22. The van der Waals surface area contributed by atoms with E-state index in [9.17, 15) is 13.2 Å². The molecule has 128 valence electrons. The smallest absolute Gasteiger partial charge is 0.243 e. The molecule has 0 spiro atoms. The number of likely N-dealkylation sites (N-methyl/N-ethyl adjacent to an activating group) is 1. The molecule has 0 atom stereocenters. The fourth-order valence-electron chi connectivity index (χ4n) is 2.07. The number of sulfonamides is 1. The van der Waals surface area contributed by atoms with Crippen LogP contribution in [0.4, 0.5) is 0 Å². The van der Waals surface area contributed by atoms with E-state index in [0.29, 0.717) is 12.3 Å². The van der Waals surface area contributed by atoms with Crippen LogP contribution in [0, 0.1) is 0 Å². The van der Waals surface area contributed by atoms with E-state index in [1.54, 1.807) is 12.1 Å². The number of carbonyl (C=O) groups excluding carboxylic acids is 1. The second-order valence-corrected chi connectivity index (χ2v) is 7.24. The van der Waals surface area contributed by atoms with E-state index in [1.807, 2.05) is 30.3 Å². The summed E-state index contributed by atoms with van der Waals surface area (Å²) in [5, 5.41) is 2.71.